The van der Waals surface area contributed by atoms with E-state index in [0.717, 1.165) is 34.7 Å². The van der Waals surface area contributed by atoms with Crippen LogP contribution < -0.4 is 0 Å². The van der Waals surface area contributed by atoms with Crippen LogP contribution in [0.15, 0.2) is 59.7 Å². The number of aromatic nitrogens is 3. The van der Waals surface area contributed by atoms with Gasteiger partial charge in [-0.05, 0) is 42.7 Å². The molecule has 1 amide bonds. The van der Waals surface area contributed by atoms with Gasteiger partial charge in [-0.1, -0.05) is 47.5 Å². The highest BCUT2D eigenvalue weighted by molar-refractivity contribution is 6.42. The molecule has 1 N–H and O–H groups in total. The van der Waals surface area contributed by atoms with Crippen LogP contribution in [0.5, 0.6) is 0 Å². The highest BCUT2D eigenvalue weighted by Crippen LogP contribution is 2.39. The minimum absolute atomic E-state index is 0.0396. The molecule has 6 nitrogen and oxygen atoms in total. The van der Waals surface area contributed by atoms with Gasteiger partial charge in [0.25, 0.3) is 0 Å². The van der Waals surface area contributed by atoms with Gasteiger partial charge in [-0.2, -0.15) is 5.10 Å². The summed E-state index contributed by atoms with van der Waals surface area (Å²) >= 11 is 12.5. The Balaban J connectivity index is 1.39. The van der Waals surface area contributed by atoms with Crippen molar-refractivity contribution in [1.82, 2.24) is 19.7 Å². The molecular formula is C25H21Cl2N5O. The molecule has 8 heteroatoms. The number of nitrogens with zero attached hydrogens (tertiary/aromatic N) is 4. The average Bonchev–Trinajstić information content (AvgIpc) is 3.43. The zero-order valence-corrected chi connectivity index (χ0v) is 19.4. The van der Waals surface area contributed by atoms with Gasteiger partial charge in [0.1, 0.15) is 5.92 Å². The van der Waals surface area contributed by atoms with Gasteiger partial charge in [0.15, 0.2) is 5.82 Å². The summed E-state index contributed by atoms with van der Waals surface area (Å²) < 4.78 is 1.81. The Bertz CT molecular complexity index is 1440. The SMILES string of the molecule is CC1=Nc2ccnn2C(c2ccc(Cl)c(Cl)c2)C1C(=O)N1CCc2c([nH]c3ccccc23)C1. The van der Waals surface area contributed by atoms with Crippen LogP contribution in [0.4, 0.5) is 5.82 Å². The predicted molar refractivity (Wildman–Crippen MR) is 131 cm³/mol. The summed E-state index contributed by atoms with van der Waals surface area (Å²) in [5, 5.41) is 6.67. The van der Waals surface area contributed by atoms with Crippen molar-refractivity contribution in [2.24, 2.45) is 10.9 Å². The third kappa shape index (κ3) is 3.28. The normalized spacial score (nSPS) is 19.8. The van der Waals surface area contributed by atoms with Crippen LogP contribution in [-0.2, 0) is 17.8 Å². The second kappa shape index (κ2) is 7.75. The first kappa shape index (κ1) is 20.5. The number of aliphatic imine (C=N–C) groups is 1. The van der Waals surface area contributed by atoms with E-state index in [-0.39, 0.29) is 11.9 Å². The van der Waals surface area contributed by atoms with Gasteiger partial charge in [-0.3, -0.25) is 4.79 Å². The van der Waals surface area contributed by atoms with Crippen molar-refractivity contribution in [3.63, 3.8) is 0 Å². The van der Waals surface area contributed by atoms with Gasteiger partial charge in [-0.25, -0.2) is 9.67 Å². The molecule has 0 fully saturated rings. The summed E-state index contributed by atoms with van der Waals surface area (Å²) in [4.78, 5) is 24.1. The number of hydrogen-bond donors (Lipinski definition) is 1. The van der Waals surface area contributed by atoms with Crippen molar-refractivity contribution in [3.05, 3.63) is 81.6 Å². The Labute approximate surface area is 200 Å². The lowest BCUT2D eigenvalue weighted by molar-refractivity contribution is -0.135. The molecule has 0 aliphatic carbocycles. The van der Waals surface area contributed by atoms with E-state index in [1.807, 2.05) is 40.8 Å². The number of fused-ring (bicyclic) bond motifs is 4. The molecule has 2 aromatic carbocycles. The molecule has 2 aliphatic heterocycles. The van der Waals surface area contributed by atoms with Crippen LogP contribution in [-0.4, -0.2) is 37.8 Å². The molecule has 4 heterocycles. The number of rotatable bonds is 2. The Kier molecular flexibility index (Phi) is 4.82. The van der Waals surface area contributed by atoms with Crippen molar-refractivity contribution < 1.29 is 4.79 Å². The van der Waals surface area contributed by atoms with E-state index in [9.17, 15) is 4.79 Å². The van der Waals surface area contributed by atoms with E-state index in [2.05, 4.69) is 28.3 Å². The first-order valence-electron chi connectivity index (χ1n) is 10.9. The zero-order chi connectivity index (χ0) is 22.7. The molecule has 166 valence electrons. The Morgan fingerprint density at radius 1 is 1.12 bits per heavy atom. The molecular weight excluding hydrogens is 457 g/mol. The number of H-pyrrole nitrogens is 1. The lowest BCUT2D eigenvalue weighted by atomic mass is 9.86. The van der Waals surface area contributed by atoms with Crippen molar-refractivity contribution >= 4 is 51.5 Å². The van der Waals surface area contributed by atoms with Crippen LogP contribution in [0, 0.1) is 5.92 Å². The first-order valence-corrected chi connectivity index (χ1v) is 11.7. The topological polar surface area (TPSA) is 66.3 Å². The quantitative estimate of drug-likeness (QED) is 0.410. The van der Waals surface area contributed by atoms with Crippen LogP contribution >= 0.6 is 23.2 Å². The summed E-state index contributed by atoms with van der Waals surface area (Å²) in [7, 11) is 0. The van der Waals surface area contributed by atoms with E-state index in [1.54, 1.807) is 12.3 Å². The molecule has 33 heavy (non-hydrogen) atoms. The molecule has 4 aromatic rings. The molecule has 0 radical (unpaired) electrons. The fourth-order valence-corrected chi connectivity index (χ4v) is 5.46. The van der Waals surface area contributed by atoms with E-state index < -0.39 is 5.92 Å². The predicted octanol–water partition coefficient (Wildman–Crippen LogP) is 5.57. The highest BCUT2D eigenvalue weighted by atomic mass is 35.5. The lowest BCUT2D eigenvalue weighted by Crippen LogP contribution is -2.46. The largest absolute Gasteiger partial charge is 0.357 e. The molecule has 0 saturated heterocycles. The number of carbonyl (C=O) groups excluding carboxylic acids is 1. The van der Waals surface area contributed by atoms with Gasteiger partial charge >= 0.3 is 0 Å². The molecule has 2 aromatic heterocycles. The van der Waals surface area contributed by atoms with E-state index in [4.69, 9.17) is 28.2 Å². The number of para-hydroxylation sites is 1. The van der Waals surface area contributed by atoms with Gasteiger partial charge in [0.2, 0.25) is 5.91 Å². The third-order valence-corrected chi connectivity index (χ3v) is 7.45. The highest BCUT2D eigenvalue weighted by Gasteiger charge is 2.41. The van der Waals surface area contributed by atoms with Gasteiger partial charge in [0.05, 0.1) is 28.8 Å². The number of benzene rings is 2. The van der Waals surface area contributed by atoms with E-state index >= 15 is 0 Å². The van der Waals surface area contributed by atoms with E-state index in [1.165, 1.54) is 10.9 Å². The standard InChI is InChI=1S/C25H21Cl2N5O/c1-14-23(24(32-22(29-14)8-10-28-32)15-6-7-18(26)19(27)12-15)25(33)31-11-9-17-16-4-2-3-5-20(16)30-21(17)13-31/h2-8,10,12,23-24,30H,9,11,13H2,1H3. The summed E-state index contributed by atoms with van der Waals surface area (Å²) in [6.07, 6.45) is 2.53. The Morgan fingerprint density at radius 3 is 2.82 bits per heavy atom. The smallest absolute Gasteiger partial charge is 0.234 e. The van der Waals surface area contributed by atoms with Crippen molar-refractivity contribution in [1.29, 1.82) is 0 Å². The van der Waals surface area contributed by atoms with E-state index in [0.29, 0.717) is 23.1 Å². The number of aromatic amines is 1. The average molecular weight is 478 g/mol. The molecule has 6 rings (SSSR count). The maximum atomic E-state index is 14.0. The molecule has 2 unspecified atom stereocenters. The number of hydrogen-bond acceptors (Lipinski definition) is 3. The fourth-order valence-electron chi connectivity index (χ4n) is 5.15. The number of amides is 1. The maximum absolute atomic E-state index is 14.0. The zero-order valence-electron chi connectivity index (χ0n) is 17.9. The summed E-state index contributed by atoms with van der Waals surface area (Å²) in [5.41, 5.74) is 5.17. The van der Waals surface area contributed by atoms with Crippen molar-refractivity contribution in [2.45, 2.75) is 25.9 Å². The molecule has 2 aliphatic rings. The van der Waals surface area contributed by atoms with Crippen molar-refractivity contribution in [2.75, 3.05) is 6.54 Å². The lowest BCUT2D eigenvalue weighted by Gasteiger charge is -2.36. The number of nitrogens with one attached hydrogen (secondary N) is 1. The Hall–Kier alpha value is -3.09. The van der Waals surface area contributed by atoms with Gasteiger partial charge in [-0.15, -0.1) is 0 Å². The monoisotopic (exact) mass is 477 g/mol. The summed E-state index contributed by atoms with van der Waals surface area (Å²) in [6.45, 7) is 3.13. The molecule has 0 spiro atoms. The van der Waals surface area contributed by atoms with Crippen LogP contribution in [0.3, 0.4) is 0 Å². The molecule has 2 atom stereocenters. The minimum atomic E-state index is -0.486. The third-order valence-electron chi connectivity index (χ3n) is 6.72. The summed E-state index contributed by atoms with van der Waals surface area (Å²) in [5.74, 6) is 0.280. The van der Waals surface area contributed by atoms with Gasteiger partial charge < -0.3 is 9.88 Å². The fraction of sp³-hybridized carbons (Fsp3) is 0.240. The first-order chi connectivity index (χ1) is 16.0. The second-order valence-corrected chi connectivity index (χ2v) is 9.44. The minimum Gasteiger partial charge on any atom is -0.357 e. The second-order valence-electron chi connectivity index (χ2n) is 8.62. The van der Waals surface area contributed by atoms with Crippen LogP contribution in [0.25, 0.3) is 10.9 Å². The number of halogens is 2. The molecule has 0 bridgehead atoms. The van der Waals surface area contributed by atoms with Gasteiger partial charge in [0, 0.05) is 34.9 Å². The molecule has 0 saturated carbocycles. The maximum Gasteiger partial charge on any atom is 0.234 e. The number of carbonyl (C=O) groups is 1. The summed E-state index contributed by atoms with van der Waals surface area (Å²) in [6, 6.07) is 15.3. The van der Waals surface area contributed by atoms with Crippen molar-refractivity contribution in [3.8, 4) is 0 Å². The van der Waals surface area contributed by atoms with Crippen LogP contribution in [0.1, 0.15) is 29.8 Å². The van der Waals surface area contributed by atoms with Crippen LogP contribution in [0.2, 0.25) is 10.0 Å². The Morgan fingerprint density at radius 2 is 1.97 bits per heavy atom.